The first-order valence-electron chi connectivity index (χ1n) is 4.24. The van der Waals surface area contributed by atoms with Crippen molar-refractivity contribution in [3.05, 3.63) is 30.1 Å². The third-order valence-electron chi connectivity index (χ3n) is 2.01. The second-order valence-electron chi connectivity index (χ2n) is 3.04. The molecule has 0 atom stereocenters. The summed E-state index contributed by atoms with van der Waals surface area (Å²) in [4.78, 5) is 7.24. The molecule has 1 fully saturated rings. The van der Waals surface area contributed by atoms with Crippen molar-refractivity contribution in [3.63, 3.8) is 0 Å². The molecule has 0 amide bonds. The van der Waals surface area contributed by atoms with Crippen molar-refractivity contribution in [1.29, 1.82) is 0 Å². The topological polar surface area (TPSA) is 15.7 Å². The van der Waals surface area contributed by atoms with Crippen LogP contribution >= 0.6 is 11.6 Å². The van der Waals surface area contributed by atoms with Crippen molar-refractivity contribution in [2.45, 2.75) is 0 Å². The van der Waals surface area contributed by atoms with Gasteiger partial charge in [-0.15, -0.1) is 11.6 Å². The van der Waals surface area contributed by atoms with Crippen LogP contribution in [0.25, 0.3) is 0 Å². The monoisotopic (exact) mass is 216 g/mol. The van der Waals surface area contributed by atoms with Crippen LogP contribution in [0.2, 0.25) is 0 Å². The molecule has 1 aliphatic rings. The summed E-state index contributed by atoms with van der Waals surface area (Å²) >= 11 is 5.65. The highest BCUT2D eigenvalue weighted by Crippen LogP contribution is 2.19. The van der Waals surface area contributed by atoms with E-state index in [1.54, 1.807) is 17.2 Å². The predicted octanol–water partition coefficient (Wildman–Crippen LogP) is 1.99. The Bertz CT molecular complexity index is 306. The van der Waals surface area contributed by atoms with Gasteiger partial charge in [0.2, 0.25) is 0 Å². The van der Waals surface area contributed by atoms with Gasteiger partial charge in [-0.05, 0) is 24.3 Å². The average Bonchev–Trinajstić information content (AvgIpc) is 2.67. The molecule has 0 bridgehead atoms. The van der Waals surface area contributed by atoms with Crippen LogP contribution in [0.1, 0.15) is 0 Å². The van der Waals surface area contributed by atoms with Gasteiger partial charge in [0, 0.05) is 0 Å². The van der Waals surface area contributed by atoms with Crippen molar-refractivity contribution >= 4 is 17.3 Å². The fourth-order valence-corrected chi connectivity index (χ4v) is 1.40. The first-order chi connectivity index (χ1) is 6.79. The molecule has 1 aromatic rings. The van der Waals surface area contributed by atoms with Crippen LogP contribution in [-0.2, 0) is 4.84 Å². The normalized spacial score (nSPS) is 17.7. The minimum absolute atomic E-state index is 0.248. The minimum Gasteiger partial charge on any atom is -0.256 e. The van der Waals surface area contributed by atoms with E-state index in [-0.39, 0.29) is 5.82 Å². The van der Waals surface area contributed by atoms with E-state index in [1.165, 1.54) is 12.1 Å². The van der Waals surface area contributed by atoms with E-state index in [9.17, 15) is 4.39 Å². The Labute approximate surface area is 86.6 Å². The smallest absolute Gasteiger partial charge is 0.130 e. The minimum atomic E-state index is -0.248. The molecule has 0 N–H and O–H groups in total. The Kier molecular flexibility index (Phi) is 2.86. The number of alkyl halides is 1. The quantitative estimate of drug-likeness (QED) is 0.556. The van der Waals surface area contributed by atoms with Crippen LogP contribution < -0.4 is 5.06 Å². The van der Waals surface area contributed by atoms with Crippen molar-refractivity contribution in [3.8, 4) is 0 Å². The zero-order valence-corrected chi connectivity index (χ0v) is 8.25. The highest BCUT2D eigenvalue weighted by molar-refractivity contribution is 6.17. The van der Waals surface area contributed by atoms with E-state index in [0.29, 0.717) is 19.4 Å². The highest BCUT2D eigenvalue weighted by atomic mass is 35.5. The summed E-state index contributed by atoms with van der Waals surface area (Å²) in [6, 6.07) is 6.59. The lowest BCUT2D eigenvalue weighted by Crippen LogP contribution is -2.23. The summed E-state index contributed by atoms with van der Waals surface area (Å²) in [5.41, 5.74) is 0.832. The largest absolute Gasteiger partial charge is 0.256 e. The van der Waals surface area contributed by atoms with Crippen molar-refractivity contribution < 1.29 is 9.23 Å². The maximum atomic E-state index is 12.6. The first-order valence-corrected chi connectivity index (χ1v) is 4.77. The van der Waals surface area contributed by atoms with E-state index >= 15 is 0 Å². The van der Waals surface area contributed by atoms with Crippen LogP contribution in [-0.4, -0.2) is 24.3 Å². The zero-order chi connectivity index (χ0) is 9.97. The molecule has 0 aromatic heterocycles. The van der Waals surface area contributed by atoms with Crippen molar-refractivity contribution in [2.24, 2.45) is 0 Å². The molecular formula is C9H10ClFN2O. The van der Waals surface area contributed by atoms with E-state index < -0.39 is 0 Å². The first kappa shape index (κ1) is 9.71. The van der Waals surface area contributed by atoms with Gasteiger partial charge in [0.25, 0.3) is 0 Å². The zero-order valence-electron chi connectivity index (χ0n) is 7.49. The molecule has 14 heavy (non-hydrogen) atoms. The van der Waals surface area contributed by atoms with Gasteiger partial charge in [0.05, 0.1) is 11.7 Å². The Balaban J connectivity index is 2.06. The van der Waals surface area contributed by atoms with E-state index in [2.05, 4.69) is 0 Å². The molecule has 0 unspecified atom stereocenters. The lowest BCUT2D eigenvalue weighted by Gasteiger charge is -2.15. The fraction of sp³-hybridized carbons (Fsp3) is 0.333. The molecule has 0 spiro atoms. The molecule has 1 saturated heterocycles. The number of hydroxylamine groups is 1. The maximum Gasteiger partial charge on any atom is 0.130 e. The molecule has 3 nitrogen and oxygen atoms in total. The number of nitrogens with zero attached hydrogens (tertiary/aromatic N) is 2. The SMILES string of the molecule is Fc1ccc(N2CN(CCl)CO2)cc1. The van der Waals surface area contributed by atoms with Gasteiger partial charge in [-0.3, -0.25) is 4.84 Å². The molecule has 76 valence electrons. The second-order valence-corrected chi connectivity index (χ2v) is 3.28. The number of rotatable bonds is 2. The molecule has 2 rings (SSSR count). The Hall–Kier alpha value is -0.840. The Morgan fingerprint density at radius 2 is 2.07 bits per heavy atom. The lowest BCUT2D eigenvalue weighted by atomic mass is 10.3. The van der Waals surface area contributed by atoms with Gasteiger partial charge in [-0.1, -0.05) is 0 Å². The number of anilines is 1. The van der Waals surface area contributed by atoms with E-state index in [1.807, 2.05) is 4.90 Å². The Morgan fingerprint density at radius 1 is 1.36 bits per heavy atom. The fourth-order valence-electron chi connectivity index (χ4n) is 1.25. The van der Waals surface area contributed by atoms with Crippen LogP contribution in [0.4, 0.5) is 10.1 Å². The van der Waals surface area contributed by atoms with Gasteiger partial charge < -0.3 is 0 Å². The molecule has 5 heteroatoms. The second kappa shape index (κ2) is 4.13. The summed E-state index contributed by atoms with van der Waals surface area (Å²) in [6.45, 7) is 1.08. The van der Waals surface area contributed by atoms with Gasteiger partial charge in [-0.25, -0.2) is 14.4 Å². The summed E-state index contributed by atoms with van der Waals surface area (Å²) in [5, 5.41) is 1.68. The van der Waals surface area contributed by atoms with Gasteiger partial charge in [0.15, 0.2) is 0 Å². The molecular weight excluding hydrogens is 207 g/mol. The van der Waals surface area contributed by atoms with Gasteiger partial charge in [-0.2, -0.15) is 0 Å². The van der Waals surface area contributed by atoms with Crippen LogP contribution in [0.3, 0.4) is 0 Å². The standard InChI is InChI=1S/C9H10ClFN2O/c10-5-12-6-13(14-7-12)9-3-1-8(11)2-4-9/h1-4H,5-7H2. The van der Waals surface area contributed by atoms with Crippen LogP contribution in [0, 0.1) is 5.82 Å². The van der Waals surface area contributed by atoms with Crippen molar-refractivity contribution in [2.75, 3.05) is 24.5 Å². The maximum absolute atomic E-state index is 12.6. The van der Waals surface area contributed by atoms with Crippen LogP contribution in [0.5, 0.6) is 0 Å². The lowest BCUT2D eigenvalue weighted by molar-refractivity contribution is 0.130. The summed E-state index contributed by atoms with van der Waals surface area (Å²) in [5.74, 6) is -0.248. The van der Waals surface area contributed by atoms with Crippen LogP contribution in [0.15, 0.2) is 24.3 Å². The molecule has 0 radical (unpaired) electrons. The predicted molar refractivity (Wildman–Crippen MR) is 52.3 cm³/mol. The summed E-state index contributed by atoms with van der Waals surface area (Å²) < 4.78 is 12.6. The number of hydrogen-bond donors (Lipinski definition) is 0. The number of hydrogen-bond acceptors (Lipinski definition) is 3. The molecule has 0 aliphatic carbocycles. The third-order valence-corrected chi connectivity index (χ3v) is 2.35. The number of halogens is 2. The molecule has 1 heterocycles. The van der Waals surface area contributed by atoms with E-state index in [4.69, 9.17) is 16.4 Å². The summed E-state index contributed by atoms with van der Waals surface area (Å²) in [7, 11) is 0. The van der Waals surface area contributed by atoms with E-state index in [0.717, 1.165) is 5.69 Å². The third kappa shape index (κ3) is 1.97. The Morgan fingerprint density at radius 3 is 2.64 bits per heavy atom. The van der Waals surface area contributed by atoms with Gasteiger partial charge in [0.1, 0.15) is 19.2 Å². The average molecular weight is 217 g/mol. The van der Waals surface area contributed by atoms with Gasteiger partial charge >= 0.3 is 0 Å². The summed E-state index contributed by atoms with van der Waals surface area (Å²) in [6.07, 6.45) is 0. The molecule has 0 saturated carbocycles. The number of benzene rings is 1. The molecule has 1 aromatic carbocycles. The van der Waals surface area contributed by atoms with Crippen molar-refractivity contribution in [1.82, 2.24) is 4.90 Å². The highest BCUT2D eigenvalue weighted by Gasteiger charge is 2.20. The molecule has 1 aliphatic heterocycles.